The highest BCUT2D eigenvalue weighted by atomic mass is 35.5. The molecule has 4 rings (SSSR count). The van der Waals surface area contributed by atoms with Crippen LogP contribution in [0.2, 0.25) is 5.02 Å². The van der Waals surface area contributed by atoms with Crippen LogP contribution in [0.5, 0.6) is 5.75 Å². The van der Waals surface area contributed by atoms with Crippen molar-refractivity contribution in [1.29, 1.82) is 0 Å². The molecule has 0 radical (unpaired) electrons. The predicted octanol–water partition coefficient (Wildman–Crippen LogP) is 2.61. The highest BCUT2D eigenvalue weighted by Gasteiger charge is 2.36. The number of hydrogen-bond acceptors (Lipinski definition) is 4. The van der Waals surface area contributed by atoms with Crippen LogP contribution in [0.4, 0.5) is 5.69 Å². The molecule has 0 spiro atoms. The molecule has 0 bridgehead atoms. The van der Waals surface area contributed by atoms with Crippen molar-refractivity contribution in [3.63, 3.8) is 0 Å². The van der Waals surface area contributed by atoms with Crippen molar-refractivity contribution in [3.8, 4) is 5.75 Å². The maximum atomic E-state index is 13.1. The molecule has 2 amide bonds. The number of anilines is 1. The van der Waals surface area contributed by atoms with Gasteiger partial charge in [-0.05, 0) is 36.4 Å². The van der Waals surface area contributed by atoms with Gasteiger partial charge in [0, 0.05) is 23.7 Å². The number of hydrogen-bond donors (Lipinski definition) is 0. The summed E-state index contributed by atoms with van der Waals surface area (Å²) in [5.41, 5.74) is 1.16. The van der Waals surface area contributed by atoms with Gasteiger partial charge < -0.3 is 19.3 Å². The number of rotatable bonds is 2. The lowest BCUT2D eigenvalue weighted by molar-refractivity contribution is -0.142. The van der Waals surface area contributed by atoms with Crippen LogP contribution in [-0.4, -0.2) is 55.7 Å². The zero-order chi connectivity index (χ0) is 18.8. The van der Waals surface area contributed by atoms with Gasteiger partial charge >= 0.3 is 0 Å². The van der Waals surface area contributed by atoms with Crippen LogP contribution in [-0.2, 0) is 9.53 Å². The first-order chi connectivity index (χ1) is 13.1. The van der Waals surface area contributed by atoms with Crippen molar-refractivity contribution in [2.45, 2.75) is 6.10 Å². The highest BCUT2D eigenvalue weighted by Crippen LogP contribution is 2.34. The molecular weight excluding hydrogens is 368 g/mol. The molecule has 2 aliphatic heterocycles. The van der Waals surface area contributed by atoms with Gasteiger partial charge in [-0.1, -0.05) is 23.7 Å². The van der Waals surface area contributed by atoms with E-state index in [1.807, 2.05) is 18.2 Å². The summed E-state index contributed by atoms with van der Waals surface area (Å²) in [6.07, 6.45) is -0.741. The third kappa shape index (κ3) is 3.63. The van der Waals surface area contributed by atoms with E-state index < -0.39 is 6.10 Å². The third-order valence-electron chi connectivity index (χ3n) is 4.71. The zero-order valence-corrected chi connectivity index (χ0v) is 15.4. The number of amides is 2. The van der Waals surface area contributed by atoms with Crippen molar-refractivity contribution in [2.75, 3.05) is 37.7 Å². The van der Waals surface area contributed by atoms with E-state index in [1.165, 1.54) is 0 Å². The van der Waals surface area contributed by atoms with Gasteiger partial charge in [0.1, 0.15) is 5.75 Å². The van der Waals surface area contributed by atoms with E-state index >= 15 is 0 Å². The Bertz CT molecular complexity index is 849. The smallest absolute Gasteiger partial charge is 0.265 e. The number of carbonyl (C=O) groups is 2. The van der Waals surface area contributed by atoms with Gasteiger partial charge in [-0.2, -0.15) is 0 Å². The number of ether oxygens (including phenoxy) is 2. The molecule has 2 aromatic rings. The summed E-state index contributed by atoms with van der Waals surface area (Å²) in [6, 6.07) is 14.0. The minimum atomic E-state index is -0.741. The first kappa shape index (κ1) is 17.8. The molecular formula is C20H19ClN2O4. The number of fused-ring (bicyclic) bond motifs is 1. The van der Waals surface area contributed by atoms with E-state index in [2.05, 4.69) is 0 Å². The summed E-state index contributed by atoms with van der Waals surface area (Å²) in [7, 11) is 0. The molecule has 0 unspecified atom stereocenters. The second-order valence-corrected chi connectivity index (χ2v) is 6.87. The average Bonchev–Trinajstić information content (AvgIpc) is 2.73. The van der Waals surface area contributed by atoms with Gasteiger partial charge in [0.05, 0.1) is 25.4 Å². The normalized spacial score (nSPS) is 19.2. The summed E-state index contributed by atoms with van der Waals surface area (Å²) >= 11 is 5.93. The molecule has 1 saturated heterocycles. The number of morpholine rings is 1. The molecule has 1 fully saturated rings. The quantitative estimate of drug-likeness (QED) is 0.796. The Morgan fingerprint density at radius 2 is 1.70 bits per heavy atom. The molecule has 2 aliphatic rings. The number of halogens is 1. The molecule has 0 aliphatic carbocycles. The Labute approximate surface area is 162 Å². The number of nitrogens with zero attached hydrogens (tertiary/aromatic N) is 2. The van der Waals surface area contributed by atoms with Crippen molar-refractivity contribution in [1.82, 2.24) is 4.90 Å². The Hall–Kier alpha value is -2.57. The maximum Gasteiger partial charge on any atom is 0.265 e. The van der Waals surface area contributed by atoms with Gasteiger partial charge in [-0.25, -0.2) is 0 Å². The Morgan fingerprint density at radius 3 is 2.44 bits per heavy atom. The Kier molecular flexibility index (Phi) is 5.01. The van der Waals surface area contributed by atoms with Gasteiger partial charge in [-0.15, -0.1) is 0 Å². The van der Waals surface area contributed by atoms with Gasteiger partial charge in [0.15, 0.2) is 6.10 Å². The van der Waals surface area contributed by atoms with Crippen LogP contribution in [0.25, 0.3) is 0 Å². The summed E-state index contributed by atoms with van der Waals surface area (Å²) in [5, 5.41) is 0.564. The molecule has 7 heteroatoms. The van der Waals surface area contributed by atoms with Gasteiger partial charge in [-0.3, -0.25) is 9.59 Å². The monoisotopic (exact) mass is 386 g/mol. The summed E-state index contributed by atoms with van der Waals surface area (Å²) < 4.78 is 11.2. The number of carbonyl (C=O) groups excluding carboxylic acids is 2. The maximum absolute atomic E-state index is 13.1. The van der Waals surface area contributed by atoms with Crippen LogP contribution in [0.15, 0.2) is 48.5 Å². The first-order valence-electron chi connectivity index (χ1n) is 8.83. The van der Waals surface area contributed by atoms with Gasteiger partial charge in [0.2, 0.25) is 0 Å². The molecule has 2 heterocycles. The zero-order valence-electron chi connectivity index (χ0n) is 14.6. The molecule has 0 N–H and O–H groups in total. The average molecular weight is 387 g/mol. The van der Waals surface area contributed by atoms with Crippen LogP contribution >= 0.6 is 11.6 Å². The number of benzene rings is 2. The van der Waals surface area contributed by atoms with Crippen molar-refractivity contribution in [3.05, 3.63) is 59.1 Å². The fraction of sp³-hybridized carbons (Fsp3) is 0.300. The highest BCUT2D eigenvalue weighted by molar-refractivity contribution is 6.30. The van der Waals surface area contributed by atoms with Gasteiger partial charge in [0.25, 0.3) is 11.8 Å². The van der Waals surface area contributed by atoms with Crippen LogP contribution in [0, 0.1) is 0 Å². The first-order valence-corrected chi connectivity index (χ1v) is 9.21. The van der Waals surface area contributed by atoms with Crippen LogP contribution in [0.1, 0.15) is 10.4 Å². The van der Waals surface area contributed by atoms with Crippen molar-refractivity contribution < 1.29 is 19.1 Å². The minimum Gasteiger partial charge on any atom is -0.476 e. The molecule has 6 nitrogen and oxygen atoms in total. The lowest BCUT2D eigenvalue weighted by atomic mass is 10.1. The third-order valence-corrected chi connectivity index (χ3v) is 4.96. The second kappa shape index (κ2) is 7.58. The molecule has 140 valence electrons. The van der Waals surface area contributed by atoms with E-state index in [0.717, 1.165) is 0 Å². The van der Waals surface area contributed by atoms with E-state index in [-0.39, 0.29) is 18.4 Å². The molecule has 1 atom stereocenters. The topological polar surface area (TPSA) is 59.1 Å². The SMILES string of the molecule is O=C([C@H]1CN(C(=O)c2ccc(Cl)cc2)c2ccccc2O1)N1CCOCC1. The van der Waals surface area contributed by atoms with E-state index in [1.54, 1.807) is 40.1 Å². The largest absolute Gasteiger partial charge is 0.476 e. The van der Waals surface area contributed by atoms with Crippen LogP contribution in [0.3, 0.4) is 0 Å². The predicted molar refractivity (Wildman–Crippen MR) is 101 cm³/mol. The fourth-order valence-electron chi connectivity index (χ4n) is 3.29. The van der Waals surface area contributed by atoms with E-state index in [9.17, 15) is 9.59 Å². The van der Waals surface area contributed by atoms with Crippen LogP contribution < -0.4 is 9.64 Å². The molecule has 2 aromatic carbocycles. The van der Waals surface area contributed by atoms with Crippen molar-refractivity contribution >= 4 is 29.1 Å². The standard InChI is InChI=1S/C20H19ClN2O4/c21-15-7-5-14(6-8-15)19(24)23-13-18(20(25)22-9-11-26-12-10-22)27-17-4-2-1-3-16(17)23/h1-8,18H,9-13H2/t18-/m1/s1. The summed E-state index contributed by atoms with van der Waals surface area (Å²) in [5.74, 6) is 0.210. The van der Waals surface area contributed by atoms with E-state index in [0.29, 0.717) is 48.3 Å². The summed E-state index contributed by atoms with van der Waals surface area (Å²) in [6.45, 7) is 2.26. The fourth-order valence-corrected chi connectivity index (χ4v) is 3.42. The molecule has 0 aromatic heterocycles. The van der Waals surface area contributed by atoms with E-state index in [4.69, 9.17) is 21.1 Å². The Balaban J connectivity index is 1.62. The molecule has 27 heavy (non-hydrogen) atoms. The summed E-state index contributed by atoms with van der Waals surface area (Å²) in [4.78, 5) is 29.3. The minimum absolute atomic E-state index is 0.123. The lowest BCUT2D eigenvalue weighted by Crippen LogP contribution is -2.54. The number of para-hydroxylation sites is 2. The lowest BCUT2D eigenvalue weighted by Gasteiger charge is -2.37. The second-order valence-electron chi connectivity index (χ2n) is 6.43. The van der Waals surface area contributed by atoms with Crippen molar-refractivity contribution in [2.24, 2.45) is 0 Å². The molecule has 0 saturated carbocycles. The Morgan fingerprint density at radius 1 is 1.00 bits per heavy atom.